The number of carbonyl (C=O) groups is 2. The Kier molecular flexibility index (Phi) is 9.72. The minimum Gasteiger partial charge on any atom is -0.352 e. The van der Waals surface area contributed by atoms with E-state index in [-0.39, 0.29) is 36.6 Å². The van der Waals surface area contributed by atoms with Gasteiger partial charge in [-0.15, -0.1) is 0 Å². The van der Waals surface area contributed by atoms with Gasteiger partial charge in [-0.05, 0) is 54.2 Å². The molecule has 194 valence electrons. The molecule has 0 aliphatic heterocycles. The van der Waals surface area contributed by atoms with Crippen LogP contribution in [0.1, 0.15) is 55.2 Å². The number of nitrogens with one attached hydrogen (secondary N) is 1. The summed E-state index contributed by atoms with van der Waals surface area (Å²) in [5, 5.41) is 3.86. The topological polar surface area (TPSA) is 49.4 Å². The molecule has 6 heteroatoms. The zero-order valence-corrected chi connectivity index (χ0v) is 21.8. The highest BCUT2D eigenvalue weighted by Gasteiger charge is 2.31. The Morgan fingerprint density at radius 3 is 2.27 bits per heavy atom. The van der Waals surface area contributed by atoms with E-state index in [1.54, 1.807) is 17.0 Å². The number of rotatable bonds is 10. The van der Waals surface area contributed by atoms with Gasteiger partial charge in [-0.1, -0.05) is 91.5 Å². The third-order valence-electron chi connectivity index (χ3n) is 7.05. The molecule has 0 spiro atoms. The molecule has 2 amide bonds. The molecule has 1 aliphatic rings. The Labute approximate surface area is 223 Å². The maximum Gasteiger partial charge on any atom is 0.243 e. The summed E-state index contributed by atoms with van der Waals surface area (Å²) in [6.45, 7) is 0.219. The molecule has 1 fully saturated rings. The van der Waals surface area contributed by atoms with Gasteiger partial charge < -0.3 is 10.2 Å². The van der Waals surface area contributed by atoms with Crippen molar-refractivity contribution in [3.63, 3.8) is 0 Å². The predicted octanol–water partition coefficient (Wildman–Crippen LogP) is 6.50. The Morgan fingerprint density at radius 2 is 1.57 bits per heavy atom. The van der Waals surface area contributed by atoms with Gasteiger partial charge in [0, 0.05) is 30.5 Å². The number of halogens is 2. The molecule has 37 heavy (non-hydrogen) atoms. The first-order valence-electron chi connectivity index (χ1n) is 13.1. The number of benzene rings is 3. The molecule has 0 radical (unpaired) electrons. The number of nitrogens with zero attached hydrogens (tertiary/aromatic N) is 1. The van der Waals surface area contributed by atoms with Gasteiger partial charge in [0.2, 0.25) is 11.8 Å². The highest BCUT2D eigenvalue weighted by atomic mass is 35.5. The van der Waals surface area contributed by atoms with Crippen molar-refractivity contribution >= 4 is 23.4 Å². The molecule has 4 nitrogen and oxygen atoms in total. The normalized spacial score (nSPS) is 14.6. The van der Waals surface area contributed by atoms with Crippen LogP contribution in [-0.4, -0.2) is 28.8 Å². The second-order valence-electron chi connectivity index (χ2n) is 9.79. The van der Waals surface area contributed by atoms with E-state index in [0.29, 0.717) is 17.9 Å². The monoisotopic (exact) mass is 520 g/mol. The molecule has 3 aromatic carbocycles. The summed E-state index contributed by atoms with van der Waals surface area (Å²) in [6.07, 6.45) is 6.41. The molecule has 1 aliphatic carbocycles. The Morgan fingerprint density at radius 1 is 0.892 bits per heavy atom. The first-order valence-corrected chi connectivity index (χ1v) is 13.5. The zero-order valence-electron chi connectivity index (χ0n) is 21.0. The van der Waals surface area contributed by atoms with Crippen molar-refractivity contribution in [3.8, 4) is 0 Å². The molecule has 3 aromatic rings. The van der Waals surface area contributed by atoms with Gasteiger partial charge in [-0.25, -0.2) is 4.39 Å². The van der Waals surface area contributed by atoms with E-state index >= 15 is 0 Å². The number of hydrogen-bond acceptors (Lipinski definition) is 2. The molecule has 0 unspecified atom stereocenters. The lowest BCUT2D eigenvalue weighted by Gasteiger charge is -2.33. The van der Waals surface area contributed by atoms with Crippen LogP contribution in [0.5, 0.6) is 0 Å². The van der Waals surface area contributed by atoms with Crippen LogP contribution in [0, 0.1) is 5.82 Å². The van der Waals surface area contributed by atoms with Gasteiger partial charge in [0.1, 0.15) is 11.9 Å². The quantitative estimate of drug-likeness (QED) is 0.331. The van der Waals surface area contributed by atoms with Gasteiger partial charge >= 0.3 is 0 Å². The largest absolute Gasteiger partial charge is 0.352 e. The second-order valence-corrected chi connectivity index (χ2v) is 10.2. The molecule has 0 bridgehead atoms. The minimum atomic E-state index is -0.687. The molecule has 0 saturated heterocycles. The summed E-state index contributed by atoms with van der Waals surface area (Å²) < 4.78 is 13.6. The lowest BCUT2D eigenvalue weighted by Crippen LogP contribution is -2.52. The summed E-state index contributed by atoms with van der Waals surface area (Å²) in [6, 6.07) is 22.8. The fraction of sp³-hybridized carbons (Fsp3) is 0.355. The maximum atomic E-state index is 13.8. The Hall–Kier alpha value is -3.18. The average Bonchev–Trinajstić information content (AvgIpc) is 2.92. The van der Waals surface area contributed by atoms with Crippen LogP contribution in [0.2, 0.25) is 5.02 Å². The van der Waals surface area contributed by atoms with Crippen molar-refractivity contribution in [2.24, 2.45) is 0 Å². The summed E-state index contributed by atoms with van der Waals surface area (Å²) in [7, 11) is 0. The van der Waals surface area contributed by atoms with Crippen molar-refractivity contribution in [1.29, 1.82) is 0 Å². The third kappa shape index (κ3) is 7.90. The Balaban J connectivity index is 1.61. The predicted molar refractivity (Wildman–Crippen MR) is 146 cm³/mol. The molecule has 0 aromatic heterocycles. The molecule has 1 saturated carbocycles. The lowest BCUT2D eigenvalue weighted by molar-refractivity contribution is -0.141. The van der Waals surface area contributed by atoms with E-state index in [1.165, 1.54) is 18.6 Å². The van der Waals surface area contributed by atoms with Crippen LogP contribution in [0.3, 0.4) is 0 Å². The van der Waals surface area contributed by atoms with E-state index in [0.717, 1.165) is 42.4 Å². The van der Waals surface area contributed by atoms with Crippen molar-refractivity contribution < 1.29 is 14.0 Å². The van der Waals surface area contributed by atoms with Crippen LogP contribution in [0.15, 0.2) is 78.9 Å². The second kappa shape index (κ2) is 13.4. The highest BCUT2D eigenvalue weighted by Crippen LogP contribution is 2.22. The minimum absolute atomic E-state index is 0.130. The molecular weight excluding hydrogens is 487 g/mol. The van der Waals surface area contributed by atoms with Crippen LogP contribution in [-0.2, 0) is 29.0 Å². The Bertz CT molecular complexity index is 1160. The number of hydrogen-bond donors (Lipinski definition) is 1. The zero-order chi connectivity index (χ0) is 26.0. The van der Waals surface area contributed by atoms with Gasteiger partial charge in [-0.3, -0.25) is 9.59 Å². The number of aryl methyl sites for hydroxylation is 1. The van der Waals surface area contributed by atoms with Crippen molar-refractivity contribution in [2.45, 2.75) is 70.0 Å². The van der Waals surface area contributed by atoms with Crippen LogP contribution in [0.25, 0.3) is 0 Å². The molecule has 4 rings (SSSR count). The van der Waals surface area contributed by atoms with E-state index in [1.807, 2.05) is 54.6 Å². The van der Waals surface area contributed by atoms with Crippen molar-refractivity contribution in [1.82, 2.24) is 10.2 Å². The van der Waals surface area contributed by atoms with Gasteiger partial charge in [-0.2, -0.15) is 0 Å². The van der Waals surface area contributed by atoms with Crippen molar-refractivity contribution in [2.75, 3.05) is 0 Å². The van der Waals surface area contributed by atoms with E-state index < -0.39 is 6.04 Å². The van der Waals surface area contributed by atoms with E-state index in [2.05, 4.69) is 5.32 Å². The summed E-state index contributed by atoms with van der Waals surface area (Å²) >= 11 is 6.34. The van der Waals surface area contributed by atoms with Crippen LogP contribution in [0.4, 0.5) is 4.39 Å². The molecule has 1 N–H and O–H groups in total. The van der Waals surface area contributed by atoms with Crippen LogP contribution >= 0.6 is 11.6 Å². The van der Waals surface area contributed by atoms with Gasteiger partial charge in [0.15, 0.2) is 0 Å². The first kappa shape index (κ1) is 26.9. The lowest BCUT2D eigenvalue weighted by atomic mass is 9.94. The van der Waals surface area contributed by atoms with Gasteiger partial charge in [0.05, 0.1) is 0 Å². The fourth-order valence-electron chi connectivity index (χ4n) is 4.97. The molecule has 1 atom stereocenters. The SMILES string of the molecule is O=C(NC1CCCCC1)[C@@H](Cc1ccccc1)N(Cc1ccc(F)cc1)C(=O)CCc1ccccc1Cl. The molecular formula is C31H34ClFN2O2. The third-order valence-corrected chi connectivity index (χ3v) is 7.42. The number of amides is 2. The maximum absolute atomic E-state index is 13.8. The standard InChI is InChI=1S/C31H34ClFN2O2/c32-28-14-8-7-11-25(28)17-20-30(36)35(22-24-15-18-26(33)19-16-24)29(21-23-9-3-1-4-10-23)31(37)34-27-12-5-2-6-13-27/h1,3-4,7-11,14-16,18-19,27,29H,2,5-6,12-13,17,20-22H2,(H,34,37)/t29-/m1/s1. The fourth-order valence-corrected chi connectivity index (χ4v) is 5.20. The van der Waals surface area contributed by atoms with E-state index in [4.69, 9.17) is 11.6 Å². The van der Waals surface area contributed by atoms with E-state index in [9.17, 15) is 14.0 Å². The average molecular weight is 521 g/mol. The van der Waals surface area contributed by atoms with Crippen LogP contribution < -0.4 is 5.32 Å². The van der Waals surface area contributed by atoms with Gasteiger partial charge in [0.25, 0.3) is 0 Å². The van der Waals surface area contributed by atoms with Crippen molar-refractivity contribution in [3.05, 3.63) is 106 Å². The summed E-state index contributed by atoms with van der Waals surface area (Å²) in [5.74, 6) is -0.607. The summed E-state index contributed by atoms with van der Waals surface area (Å²) in [4.78, 5) is 29.2. The highest BCUT2D eigenvalue weighted by molar-refractivity contribution is 6.31. The number of carbonyl (C=O) groups excluding carboxylic acids is 2. The summed E-state index contributed by atoms with van der Waals surface area (Å²) in [5.41, 5.74) is 2.65. The first-order chi connectivity index (χ1) is 18.0. The molecule has 0 heterocycles. The smallest absolute Gasteiger partial charge is 0.243 e.